The summed E-state index contributed by atoms with van der Waals surface area (Å²) < 4.78 is 30.9. The fourth-order valence-electron chi connectivity index (χ4n) is 4.92. The van der Waals surface area contributed by atoms with Crippen molar-refractivity contribution < 1.29 is 13.2 Å². The molecule has 2 aromatic rings. The first-order valence-corrected chi connectivity index (χ1v) is 13.4. The molecule has 1 aromatic carbocycles. The van der Waals surface area contributed by atoms with Crippen molar-refractivity contribution in [3.8, 4) is 0 Å². The van der Waals surface area contributed by atoms with Gasteiger partial charge in [-0.05, 0) is 24.5 Å². The van der Waals surface area contributed by atoms with Crippen LogP contribution in [0.1, 0.15) is 29.7 Å². The van der Waals surface area contributed by atoms with Crippen molar-refractivity contribution in [1.82, 2.24) is 14.9 Å². The molecule has 1 saturated carbocycles. The Bertz CT molecular complexity index is 1180. The van der Waals surface area contributed by atoms with Gasteiger partial charge >= 0.3 is 0 Å². The highest BCUT2D eigenvalue weighted by Gasteiger charge is 2.36. The van der Waals surface area contributed by atoms with E-state index in [1.165, 1.54) is 12.8 Å². The van der Waals surface area contributed by atoms with E-state index in [0.717, 1.165) is 42.1 Å². The third-order valence-corrected chi connectivity index (χ3v) is 8.90. The van der Waals surface area contributed by atoms with Crippen LogP contribution in [0.4, 0.5) is 11.8 Å². The van der Waals surface area contributed by atoms with Crippen LogP contribution in [-0.4, -0.2) is 73.5 Å². The Kier molecular flexibility index (Phi) is 5.09. The highest BCUT2D eigenvalue weighted by atomic mass is 32.2. The quantitative estimate of drug-likeness (QED) is 0.659. The van der Waals surface area contributed by atoms with Crippen molar-refractivity contribution in [1.29, 1.82) is 0 Å². The lowest BCUT2D eigenvalue weighted by atomic mass is 9.99. The van der Waals surface area contributed by atoms with E-state index >= 15 is 0 Å². The van der Waals surface area contributed by atoms with E-state index in [2.05, 4.69) is 10.2 Å². The molecule has 3 aliphatic heterocycles. The molecule has 1 aliphatic carbocycles. The van der Waals surface area contributed by atoms with Gasteiger partial charge in [-0.1, -0.05) is 18.2 Å². The fourth-order valence-corrected chi connectivity index (χ4v) is 6.42. The first-order valence-electron chi connectivity index (χ1n) is 11.7. The van der Waals surface area contributed by atoms with Gasteiger partial charge in [-0.25, -0.2) is 13.4 Å². The Morgan fingerprint density at radius 1 is 1.15 bits per heavy atom. The van der Waals surface area contributed by atoms with E-state index < -0.39 is 9.84 Å². The second kappa shape index (κ2) is 7.90. The number of aromatic nitrogens is 2. The van der Waals surface area contributed by atoms with E-state index in [9.17, 15) is 8.42 Å². The molecular formula is C23H30N6O3S. The van der Waals surface area contributed by atoms with Crippen LogP contribution in [0.2, 0.25) is 0 Å². The molecule has 0 atom stereocenters. The number of nitrogens with zero attached hydrogens (tertiary/aromatic N) is 4. The van der Waals surface area contributed by atoms with Gasteiger partial charge in [0, 0.05) is 50.7 Å². The van der Waals surface area contributed by atoms with Crippen LogP contribution in [0.25, 0.3) is 0 Å². The number of ether oxygens (including phenoxy) is 1. The van der Waals surface area contributed by atoms with Crippen molar-refractivity contribution >= 4 is 21.6 Å². The molecule has 0 bridgehead atoms. The zero-order chi connectivity index (χ0) is 22.6. The lowest BCUT2D eigenvalue weighted by molar-refractivity contribution is -0.0462. The number of nitrogens with two attached hydrogens (primary N) is 1. The Hall–Kier alpha value is -2.27. The minimum absolute atomic E-state index is 0.0475. The molecule has 33 heavy (non-hydrogen) atoms. The summed E-state index contributed by atoms with van der Waals surface area (Å²) in [6.07, 6.45) is 3.40. The largest absolute Gasteiger partial charge is 0.377 e. The summed E-state index contributed by atoms with van der Waals surface area (Å²) in [5, 5.41) is 3.50. The number of sulfone groups is 1. The van der Waals surface area contributed by atoms with Gasteiger partial charge in [-0.3, -0.25) is 4.90 Å². The average Bonchev–Trinajstić information content (AvgIpc) is 3.64. The molecule has 9 nitrogen and oxygen atoms in total. The predicted octanol–water partition coefficient (Wildman–Crippen LogP) is 0.931. The van der Waals surface area contributed by atoms with E-state index in [4.69, 9.17) is 20.4 Å². The number of benzene rings is 1. The molecule has 1 aromatic heterocycles. The molecule has 0 amide bonds. The predicted molar refractivity (Wildman–Crippen MR) is 125 cm³/mol. The highest BCUT2D eigenvalue weighted by Crippen LogP contribution is 2.35. The standard InChI is InChI=1S/C23H30N6O3S/c24-23(14-32-15-23)13-25-21-18-12-28(17-5-6-17)8-7-19(18)26-22(27-21)29-9-10-33(30,31)20-4-2-1-3-16(20)11-29/h1-4,17H,5-15,24H2,(H,25,26,27). The molecule has 0 radical (unpaired) electrons. The topological polar surface area (TPSA) is 114 Å². The summed E-state index contributed by atoms with van der Waals surface area (Å²) in [6.45, 7) is 4.32. The molecular weight excluding hydrogens is 440 g/mol. The molecule has 6 rings (SSSR count). The second-order valence-electron chi connectivity index (χ2n) is 9.81. The lowest BCUT2D eigenvalue weighted by Crippen LogP contribution is -2.61. The van der Waals surface area contributed by atoms with Gasteiger partial charge in [0.15, 0.2) is 9.84 Å². The Balaban J connectivity index is 1.34. The van der Waals surface area contributed by atoms with Crippen molar-refractivity contribution in [3.05, 3.63) is 41.1 Å². The maximum absolute atomic E-state index is 12.8. The summed E-state index contributed by atoms with van der Waals surface area (Å²) in [6, 6.07) is 7.92. The SMILES string of the molecule is NC1(CNc2nc(N3CCS(=O)(=O)c4ccccc4C3)nc3c2CN(C2CC2)CC3)COC1. The lowest BCUT2D eigenvalue weighted by Gasteiger charge is -2.38. The minimum Gasteiger partial charge on any atom is -0.377 e. The van der Waals surface area contributed by atoms with Gasteiger partial charge in [-0.2, -0.15) is 4.98 Å². The summed E-state index contributed by atoms with van der Waals surface area (Å²) in [7, 11) is -3.33. The van der Waals surface area contributed by atoms with Crippen molar-refractivity contribution in [2.45, 2.75) is 48.8 Å². The summed E-state index contributed by atoms with van der Waals surface area (Å²) in [4.78, 5) is 14.8. The van der Waals surface area contributed by atoms with Crippen LogP contribution in [0.3, 0.4) is 0 Å². The molecule has 176 valence electrons. The van der Waals surface area contributed by atoms with Crippen molar-refractivity contribution in [2.24, 2.45) is 5.73 Å². The zero-order valence-electron chi connectivity index (χ0n) is 18.7. The molecule has 0 unspecified atom stereocenters. The van der Waals surface area contributed by atoms with Gasteiger partial charge < -0.3 is 20.7 Å². The van der Waals surface area contributed by atoms with E-state index in [0.29, 0.717) is 49.7 Å². The fraction of sp³-hybridized carbons (Fsp3) is 0.565. The maximum atomic E-state index is 12.8. The first kappa shape index (κ1) is 21.3. The van der Waals surface area contributed by atoms with Crippen molar-refractivity contribution in [2.75, 3.05) is 48.8 Å². The number of nitrogens with one attached hydrogen (secondary N) is 1. The maximum Gasteiger partial charge on any atom is 0.227 e. The average molecular weight is 471 g/mol. The van der Waals surface area contributed by atoms with E-state index in [1.54, 1.807) is 12.1 Å². The molecule has 1 saturated heterocycles. The molecule has 4 aliphatic rings. The number of hydrogen-bond donors (Lipinski definition) is 2. The van der Waals surface area contributed by atoms with Crippen molar-refractivity contribution in [3.63, 3.8) is 0 Å². The molecule has 4 heterocycles. The summed E-state index contributed by atoms with van der Waals surface area (Å²) in [5.74, 6) is 1.45. The molecule has 2 fully saturated rings. The van der Waals surface area contributed by atoms with Crippen LogP contribution in [0.5, 0.6) is 0 Å². The number of rotatable bonds is 5. The monoisotopic (exact) mass is 470 g/mol. The third-order valence-electron chi connectivity index (χ3n) is 7.11. The molecule has 10 heteroatoms. The molecule has 0 spiro atoms. The number of hydrogen-bond acceptors (Lipinski definition) is 9. The third kappa shape index (κ3) is 4.09. The van der Waals surface area contributed by atoms with Crippen LogP contribution in [0, 0.1) is 0 Å². The van der Waals surface area contributed by atoms with Gasteiger partial charge in [0.2, 0.25) is 5.95 Å². The smallest absolute Gasteiger partial charge is 0.227 e. The Labute approximate surface area is 194 Å². The van der Waals surface area contributed by atoms with Gasteiger partial charge in [0.25, 0.3) is 0 Å². The minimum atomic E-state index is -3.33. The highest BCUT2D eigenvalue weighted by molar-refractivity contribution is 7.91. The normalized spacial score (nSPS) is 23.7. The number of fused-ring (bicyclic) bond motifs is 2. The zero-order valence-corrected chi connectivity index (χ0v) is 19.5. The second-order valence-corrected chi connectivity index (χ2v) is 11.9. The van der Waals surface area contributed by atoms with Crippen LogP contribution in [0.15, 0.2) is 29.2 Å². The molecule has 3 N–H and O–H groups in total. The first-order chi connectivity index (χ1) is 15.9. The van der Waals surface area contributed by atoms with E-state index in [-0.39, 0.29) is 11.3 Å². The van der Waals surface area contributed by atoms with E-state index in [1.807, 2.05) is 17.0 Å². The van der Waals surface area contributed by atoms with Gasteiger partial charge in [0.1, 0.15) is 5.82 Å². The van der Waals surface area contributed by atoms with Crippen LogP contribution < -0.4 is 16.0 Å². The van der Waals surface area contributed by atoms with Gasteiger partial charge in [-0.15, -0.1) is 0 Å². The van der Waals surface area contributed by atoms with Crippen LogP contribution >= 0.6 is 0 Å². The van der Waals surface area contributed by atoms with Gasteiger partial charge in [0.05, 0.1) is 35.1 Å². The Morgan fingerprint density at radius 3 is 2.73 bits per heavy atom. The summed E-state index contributed by atoms with van der Waals surface area (Å²) in [5.41, 5.74) is 8.99. The van der Waals surface area contributed by atoms with Crippen LogP contribution in [-0.2, 0) is 34.1 Å². The summed E-state index contributed by atoms with van der Waals surface area (Å²) >= 11 is 0. The number of anilines is 2. The Morgan fingerprint density at radius 2 is 1.97 bits per heavy atom.